The third-order valence-electron chi connectivity index (χ3n) is 2.04. The molecule has 0 atom stereocenters. The van der Waals surface area contributed by atoms with E-state index in [0.29, 0.717) is 5.69 Å². The van der Waals surface area contributed by atoms with E-state index < -0.39 is 0 Å². The first kappa shape index (κ1) is 9.46. The Kier molecular flexibility index (Phi) is 2.04. The van der Waals surface area contributed by atoms with Gasteiger partial charge in [0.15, 0.2) is 11.5 Å². The van der Waals surface area contributed by atoms with Crippen molar-refractivity contribution < 1.29 is 9.15 Å². The van der Waals surface area contributed by atoms with Gasteiger partial charge in [-0.25, -0.2) is 4.63 Å². The monoisotopic (exact) mass is 230 g/mol. The summed E-state index contributed by atoms with van der Waals surface area (Å²) in [6, 6.07) is 5.36. The zero-order chi connectivity index (χ0) is 11.7. The molecule has 3 heterocycles. The fourth-order valence-electron chi connectivity index (χ4n) is 1.26. The smallest absolute Gasteiger partial charge is 0.276 e. The minimum atomic E-state index is 0.110. The fourth-order valence-corrected chi connectivity index (χ4v) is 1.26. The van der Waals surface area contributed by atoms with Gasteiger partial charge in [0.05, 0.1) is 0 Å². The number of nitrogens with two attached hydrogens (primary N) is 1. The first-order chi connectivity index (χ1) is 8.34. The van der Waals surface area contributed by atoms with Crippen LogP contribution in [-0.2, 0) is 0 Å². The lowest BCUT2D eigenvalue weighted by atomic mass is 10.3. The average Bonchev–Trinajstić information content (AvgIpc) is 2.98. The predicted molar refractivity (Wildman–Crippen MR) is 55.2 cm³/mol. The van der Waals surface area contributed by atoms with E-state index in [0.717, 1.165) is 0 Å². The first-order valence-electron chi connectivity index (χ1n) is 4.68. The molecule has 0 aromatic carbocycles. The van der Waals surface area contributed by atoms with Crippen molar-refractivity contribution >= 4 is 5.82 Å². The number of nitrogen functional groups attached to an aromatic ring is 1. The molecule has 0 aliphatic rings. The minimum Gasteiger partial charge on any atom is -0.379 e. The molecule has 2 N–H and O–H groups in total. The summed E-state index contributed by atoms with van der Waals surface area (Å²) in [6.45, 7) is 0. The SMILES string of the molecule is Nc1nonc1-c1noc(-c2ccccn2)n1. The maximum atomic E-state index is 5.52. The number of aromatic nitrogens is 5. The van der Waals surface area contributed by atoms with Gasteiger partial charge in [-0.1, -0.05) is 11.2 Å². The van der Waals surface area contributed by atoms with E-state index in [4.69, 9.17) is 10.3 Å². The quantitative estimate of drug-likeness (QED) is 0.685. The van der Waals surface area contributed by atoms with Crippen molar-refractivity contribution in [3.05, 3.63) is 24.4 Å². The van der Waals surface area contributed by atoms with Crippen LogP contribution in [0.2, 0.25) is 0 Å². The average molecular weight is 230 g/mol. The van der Waals surface area contributed by atoms with E-state index in [-0.39, 0.29) is 23.2 Å². The summed E-state index contributed by atoms with van der Waals surface area (Å²) in [4.78, 5) is 8.18. The normalized spacial score (nSPS) is 10.6. The maximum absolute atomic E-state index is 5.52. The van der Waals surface area contributed by atoms with E-state index in [1.54, 1.807) is 18.3 Å². The van der Waals surface area contributed by atoms with Crippen LogP contribution in [0.1, 0.15) is 0 Å². The highest BCUT2D eigenvalue weighted by Gasteiger charge is 2.17. The van der Waals surface area contributed by atoms with Crippen LogP contribution in [0, 0.1) is 0 Å². The lowest BCUT2D eigenvalue weighted by Crippen LogP contribution is -1.90. The molecule has 0 aliphatic heterocycles. The lowest BCUT2D eigenvalue weighted by molar-refractivity contribution is 0.310. The summed E-state index contributed by atoms with van der Waals surface area (Å²) in [5, 5.41) is 10.7. The lowest BCUT2D eigenvalue weighted by Gasteiger charge is -1.89. The summed E-state index contributed by atoms with van der Waals surface area (Å²) >= 11 is 0. The standard InChI is InChI=1S/C9H6N6O2/c10-7-6(13-17-14-7)8-12-9(16-15-8)5-3-1-2-4-11-5/h1-4H,(H2,10,14). The minimum absolute atomic E-state index is 0.110. The van der Waals surface area contributed by atoms with Gasteiger partial charge in [-0.2, -0.15) is 4.98 Å². The molecule has 17 heavy (non-hydrogen) atoms. The Morgan fingerprint density at radius 3 is 2.76 bits per heavy atom. The van der Waals surface area contributed by atoms with Crippen LogP contribution in [0.5, 0.6) is 0 Å². The molecule has 0 saturated carbocycles. The Balaban J connectivity index is 2.02. The molecule has 3 aromatic rings. The highest BCUT2D eigenvalue weighted by Crippen LogP contribution is 2.21. The van der Waals surface area contributed by atoms with Crippen LogP contribution < -0.4 is 5.73 Å². The summed E-state index contributed by atoms with van der Waals surface area (Å²) in [7, 11) is 0. The highest BCUT2D eigenvalue weighted by atomic mass is 16.6. The third kappa shape index (κ3) is 1.61. The molecule has 0 unspecified atom stereocenters. The van der Waals surface area contributed by atoms with Crippen molar-refractivity contribution in [2.75, 3.05) is 5.73 Å². The zero-order valence-corrected chi connectivity index (χ0v) is 8.44. The van der Waals surface area contributed by atoms with E-state index in [9.17, 15) is 0 Å². The number of pyridine rings is 1. The molecule has 84 valence electrons. The van der Waals surface area contributed by atoms with Crippen molar-refractivity contribution in [3.63, 3.8) is 0 Å². The Hall–Kier alpha value is -2.77. The predicted octanol–water partition coefficient (Wildman–Crippen LogP) is 0.764. The molecular formula is C9H6N6O2. The summed E-state index contributed by atoms with van der Waals surface area (Å²) in [6.07, 6.45) is 1.63. The summed E-state index contributed by atoms with van der Waals surface area (Å²) in [5.74, 6) is 0.603. The van der Waals surface area contributed by atoms with Crippen LogP contribution in [-0.4, -0.2) is 25.4 Å². The van der Waals surface area contributed by atoms with E-state index >= 15 is 0 Å². The second kappa shape index (κ2) is 3.67. The third-order valence-corrected chi connectivity index (χ3v) is 2.04. The molecule has 0 radical (unpaired) electrons. The number of nitrogens with zero attached hydrogens (tertiary/aromatic N) is 5. The Bertz CT molecular complexity index is 632. The molecule has 0 bridgehead atoms. The Morgan fingerprint density at radius 1 is 1.12 bits per heavy atom. The van der Waals surface area contributed by atoms with Crippen LogP contribution in [0.25, 0.3) is 23.1 Å². The second-order valence-corrected chi connectivity index (χ2v) is 3.14. The molecule has 3 rings (SSSR count). The molecule has 0 amide bonds. The number of anilines is 1. The second-order valence-electron chi connectivity index (χ2n) is 3.14. The zero-order valence-electron chi connectivity index (χ0n) is 8.44. The number of hydrogen-bond donors (Lipinski definition) is 1. The number of rotatable bonds is 2. The molecule has 8 heteroatoms. The molecule has 0 saturated heterocycles. The van der Waals surface area contributed by atoms with Gasteiger partial charge < -0.3 is 10.3 Å². The molecule has 0 spiro atoms. The largest absolute Gasteiger partial charge is 0.379 e. The van der Waals surface area contributed by atoms with Crippen molar-refractivity contribution in [2.24, 2.45) is 0 Å². The van der Waals surface area contributed by atoms with Gasteiger partial charge in [-0.05, 0) is 22.4 Å². The summed E-state index contributed by atoms with van der Waals surface area (Å²) in [5.41, 5.74) is 6.33. The van der Waals surface area contributed by atoms with E-state index in [1.807, 2.05) is 6.07 Å². The molecule has 8 nitrogen and oxygen atoms in total. The van der Waals surface area contributed by atoms with E-state index in [2.05, 4.69) is 30.1 Å². The van der Waals surface area contributed by atoms with Crippen LogP contribution in [0.4, 0.5) is 5.82 Å². The number of hydrogen-bond acceptors (Lipinski definition) is 8. The van der Waals surface area contributed by atoms with Gasteiger partial charge in [0, 0.05) is 6.20 Å². The molecule has 0 fully saturated rings. The molecular weight excluding hydrogens is 224 g/mol. The van der Waals surface area contributed by atoms with Gasteiger partial charge in [-0.15, -0.1) is 0 Å². The van der Waals surface area contributed by atoms with Crippen molar-refractivity contribution in [2.45, 2.75) is 0 Å². The highest BCUT2D eigenvalue weighted by molar-refractivity contribution is 5.63. The first-order valence-corrected chi connectivity index (χ1v) is 4.68. The van der Waals surface area contributed by atoms with Crippen molar-refractivity contribution in [1.29, 1.82) is 0 Å². The summed E-state index contributed by atoms with van der Waals surface area (Å²) < 4.78 is 9.49. The van der Waals surface area contributed by atoms with Crippen LogP contribution >= 0.6 is 0 Å². The van der Waals surface area contributed by atoms with Crippen molar-refractivity contribution in [1.82, 2.24) is 25.4 Å². The van der Waals surface area contributed by atoms with Gasteiger partial charge >= 0.3 is 0 Å². The topological polar surface area (TPSA) is 117 Å². The van der Waals surface area contributed by atoms with E-state index in [1.165, 1.54) is 0 Å². The van der Waals surface area contributed by atoms with Crippen LogP contribution in [0.15, 0.2) is 33.5 Å². The fraction of sp³-hybridized carbons (Fsp3) is 0. The van der Waals surface area contributed by atoms with Gasteiger partial charge in [0.1, 0.15) is 5.69 Å². The van der Waals surface area contributed by atoms with Gasteiger partial charge in [0.2, 0.25) is 5.82 Å². The molecule has 3 aromatic heterocycles. The Labute approximate surface area is 94.4 Å². The van der Waals surface area contributed by atoms with Gasteiger partial charge in [0.25, 0.3) is 5.89 Å². The Morgan fingerprint density at radius 2 is 2.06 bits per heavy atom. The van der Waals surface area contributed by atoms with Gasteiger partial charge in [-0.3, -0.25) is 4.98 Å². The molecule has 0 aliphatic carbocycles. The van der Waals surface area contributed by atoms with Crippen molar-refractivity contribution in [3.8, 4) is 23.1 Å². The maximum Gasteiger partial charge on any atom is 0.276 e. The van der Waals surface area contributed by atoms with Crippen LogP contribution in [0.3, 0.4) is 0 Å².